The molecule has 88 valence electrons. The Morgan fingerprint density at radius 3 is 2.67 bits per heavy atom. The highest BCUT2D eigenvalue weighted by molar-refractivity contribution is 9.09. The molecule has 0 spiro atoms. The Morgan fingerprint density at radius 1 is 1.33 bits per heavy atom. The van der Waals surface area contributed by atoms with Crippen molar-refractivity contribution in [3.63, 3.8) is 0 Å². The SMILES string of the molecule is CC(C)C(CBr)CN1CCCCCC1=O. The monoisotopic (exact) mass is 275 g/mol. The summed E-state index contributed by atoms with van der Waals surface area (Å²) in [5.41, 5.74) is 0. The van der Waals surface area contributed by atoms with Gasteiger partial charge in [0.1, 0.15) is 0 Å². The van der Waals surface area contributed by atoms with Crippen molar-refractivity contribution < 1.29 is 4.79 Å². The van der Waals surface area contributed by atoms with Crippen molar-refractivity contribution in [2.24, 2.45) is 11.8 Å². The summed E-state index contributed by atoms with van der Waals surface area (Å²) in [4.78, 5) is 13.9. The van der Waals surface area contributed by atoms with Crippen LogP contribution in [0.15, 0.2) is 0 Å². The summed E-state index contributed by atoms with van der Waals surface area (Å²) in [5.74, 6) is 1.59. The van der Waals surface area contributed by atoms with Gasteiger partial charge in [0, 0.05) is 24.8 Å². The number of hydrogen-bond acceptors (Lipinski definition) is 1. The number of likely N-dealkylation sites (tertiary alicyclic amines) is 1. The minimum absolute atomic E-state index is 0.360. The van der Waals surface area contributed by atoms with E-state index >= 15 is 0 Å². The lowest BCUT2D eigenvalue weighted by Gasteiger charge is -2.27. The molecule has 15 heavy (non-hydrogen) atoms. The van der Waals surface area contributed by atoms with Gasteiger partial charge in [0.15, 0.2) is 0 Å². The van der Waals surface area contributed by atoms with Crippen LogP contribution < -0.4 is 0 Å². The van der Waals surface area contributed by atoms with Crippen molar-refractivity contribution in [2.45, 2.75) is 39.5 Å². The van der Waals surface area contributed by atoms with Crippen LogP contribution in [0.2, 0.25) is 0 Å². The van der Waals surface area contributed by atoms with Gasteiger partial charge in [-0.1, -0.05) is 36.2 Å². The number of hydrogen-bond donors (Lipinski definition) is 0. The third-order valence-electron chi connectivity index (χ3n) is 3.27. The van der Waals surface area contributed by atoms with E-state index in [4.69, 9.17) is 0 Å². The topological polar surface area (TPSA) is 20.3 Å². The molecular formula is C12H22BrNO. The Kier molecular flexibility index (Phi) is 5.65. The first-order valence-corrected chi connectivity index (χ1v) is 7.11. The zero-order valence-electron chi connectivity index (χ0n) is 9.84. The van der Waals surface area contributed by atoms with Gasteiger partial charge in [-0.3, -0.25) is 4.79 Å². The highest BCUT2D eigenvalue weighted by atomic mass is 79.9. The molecule has 1 rings (SSSR count). The van der Waals surface area contributed by atoms with Crippen molar-refractivity contribution in [2.75, 3.05) is 18.4 Å². The molecule has 3 heteroatoms. The minimum atomic E-state index is 0.360. The van der Waals surface area contributed by atoms with Crippen molar-refractivity contribution >= 4 is 21.8 Å². The quantitative estimate of drug-likeness (QED) is 0.723. The van der Waals surface area contributed by atoms with Crippen LogP contribution in [0, 0.1) is 11.8 Å². The second-order valence-corrected chi connectivity index (χ2v) is 5.46. The van der Waals surface area contributed by atoms with Gasteiger partial charge in [0.2, 0.25) is 5.91 Å². The number of carbonyl (C=O) groups excluding carboxylic acids is 1. The number of halogens is 1. The van der Waals surface area contributed by atoms with E-state index in [0.29, 0.717) is 17.7 Å². The van der Waals surface area contributed by atoms with E-state index < -0.39 is 0 Å². The fourth-order valence-corrected chi connectivity index (χ4v) is 2.90. The van der Waals surface area contributed by atoms with Crippen LogP contribution in [0.1, 0.15) is 39.5 Å². The molecule has 0 aliphatic carbocycles. The van der Waals surface area contributed by atoms with Gasteiger partial charge in [0.05, 0.1) is 0 Å². The summed E-state index contributed by atoms with van der Waals surface area (Å²) < 4.78 is 0. The molecule has 1 amide bonds. The molecule has 0 N–H and O–H groups in total. The van der Waals surface area contributed by atoms with E-state index in [1.807, 2.05) is 0 Å². The molecule has 1 aliphatic rings. The molecule has 1 atom stereocenters. The van der Waals surface area contributed by atoms with Crippen molar-refractivity contribution in [3.8, 4) is 0 Å². The summed E-state index contributed by atoms with van der Waals surface area (Å²) in [7, 11) is 0. The molecule has 1 fully saturated rings. The highest BCUT2D eigenvalue weighted by Crippen LogP contribution is 2.18. The van der Waals surface area contributed by atoms with Crippen LogP contribution in [0.3, 0.4) is 0 Å². The lowest BCUT2D eigenvalue weighted by atomic mass is 9.97. The van der Waals surface area contributed by atoms with Gasteiger partial charge in [-0.05, 0) is 24.7 Å². The third-order valence-corrected chi connectivity index (χ3v) is 4.10. The zero-order valence-corrected chi connectivity index (χ0v) is 11.4. The lowest BCUT2D eigenvalue weighted by molar-refractivity contribution is -0.131. The molecule has 1 aliphatic heterocycles. The van der Waals surface area contributed by atoms with Crippen LogP contribution in [0.5, 0.6) is 0 Å². The first kappa shape index (κ1) is 13.0. The van der Waals surface area contributed by atoms with Crippen LogP contribution in [0.25, 0.3) is 0 Å². The minimum Gasteiger partial charge on any atom is -0.342 e. The molecule has 2 nitrogen and oxygen atoms in total. The fraction of sp³-hybridized carbons (Fsp3) is 0.917. The number of amides is 1. The molecule has 0 bridgehead atoms. The van der Waals surface area contributed by atoms with E-state index in [0.717, 1.165) is 31.3 Å². The van der Waals surface area contributed by atoms with E-state index in [2.05, 4.69) is 34.7 Å². The van der Waals surface area contributed by atoms with Crippen molar-refractivity contribution in [1.29, 1.82) is 0 Å². The van der Waals surface area contributed by atoms with Crippen molar-refractivity contribution in [1.82, 2.24) is 4.90 Å². The van der Waals surface area contributed by atoms with Gasteiger partial charge in [-0.15, -0.1) is 0 Å². The molecule has 0 saturated carbocycles. The average Bonchev–Trinajstić information content (AvgIpc) is 2.39. The third kappa shape index (κ3) is 4.13. The summed E-state index contributed by atoms with van der Waals surface area (Å²) in [6, 6.07) is 0. The molecule has 0 aromatic rings. The first-order valence-electron chi connectivity index (χ1n) is 5.99. The van der Waals surface area contributed by atoms with E-state index in [-0.39, 0.29) is 0 Å². The van der Waals surface area contributed by atoms with Gasteiger partial charge in [-0.25, -0.2) is 0 Å². The standard InChI is InChI=1S/C12H22BrNO/c1-10(2)11(8-13)9-14-7-5-3-4-6-12(14)15/h10-11H,3-9H2,1-2H3. The zero-order chi connectivity index (χ0) is 11.3. The maximum atomic E-state index is 11.8. The van der Waals surface area contributed by atoms with E-state index in [9.17, 15) is 4.79 Å². The first-order chi connectivity index (χ1) is 7.15. The summed E-state index contributed by atoms with van der Waals surface area (Å²) >= 11 is 3.54. The summed E-state index contributed by atoms with van der Waals surface area (Å²) in [6.07, 6.45) is 4.23. The number of nitrogens with zero attached hydrogens (tertiary/aromatic N) is 1. The Morgan fingerprint density at radius 2 is 2.07 bits per heavy atom. The molecule has 1 unspecified atom stereocenters. The number of carbonyl (C=O) groups is 1. The molecule has 1 saturated heterocycles. The summed E-state index contributed by atoms with van der Waals surface area (Å²) in [5, 5.41) is 0.994. The Bertz CT molecular complexity index is 206. The number of alkyl halides is 1. The predicted molar refractivity (Wildman–Crippen MR) is 67.2 cm³/mol. The van der Waals surface area contributed by atoms with Gasteiger partial charge < -0.3 is 4.90 Å². The second kappa shape index (κ2) is 6.51. The molecular weight excluding hydrogens is 254 g/mol. The molecule has 1 heterocycles. The fourth-order valence-electron chi connectivity index (χ4n) is 1.95. The number of rotatable bonds is 4. The Hall–Kier alpha value is -0.0500. The highest BCUT2D eigenvalue weighted by Gasteiger charge is 2.21. The van der Waals surface area contributed by atoms with Crippen LogP contribution >= 0.6 is 15.9 Å². The summed E-state index contributed by atoms with van der Waals surface area (Å²) in [6.45, 7) is 6.36. The maximum absolute atomic E-state index is 11.8. The molecule has 0 radical (unpaired) electrons. The average molecular weight is 276 g/mol. The Labute approximate surface area is 102 Å². The van der Waals surface area contributed by atoms with Crippen LogP contribution in [-0.2, 0) is 4.79 Å². The lowest BCUT2D eigenvalue weighted by Crippen LogP contribution is -2.37. The van der Waals surface area contributed by atoms with E-state index in [1.54, 1.807) is 0 Å². The van der Waals surface area contributed by atoms with Gasteiger partial charge in [0.25, 0.3) is 0 Å². The predicted octanol–water partition coefficient (Wildman–Crippen LogP) is 3.06. The van der Waals surface area contributed by atoms with Crippen LogP contribution in [-0.4, -0.2) is 29.2 Å². The Balaban J connectivity index is 2.49. The maximum Gasteiger partial charge on any atom is 0.222 e. The van der Waals surface area contributed by atoms with Crippen molar-refractivity contribution in [3.05, 3.63) is 0 Å². The van der Waals surface area contributed by atoms with Gasteiger partial charge >= 0.3 is 0 Å². The van der Waals surface area contributed by atoms with Crippen LogP contribution in [0.4, 0.5) is 0 Å². The normalized spacial score (nSPS) is 20.5. The van der Waals surface area contributed by atoms with E-state index in [1.165, 1.54) is 12.8 Å². The largest absolute Gasteiger partial charge is 0.342 e. The van der Waals surface area contributed by atoms with Gasteiger partial charge in [-0.2, -0.15) is 0 Å². The smallest absolute Gasteiger partial charge is 0.222 e. The molecule has 0 aromatic carbocycles. The molecule has 0 aromatic heterocycles. The second-order valence-electron chi connectivity index (χ2n) is 4.81.